The van der Waals surface area contributed by atoms with E-state index in [1.165, 1.54) is 64.2 Å². The first-order valence-corrected chi connectivity index (χ1v) is 19.6. The van der Waals surface area contributed by atoms with Gasteiger partial charge < -0.3 is 19.5 Å². The number of nitrogens with zero attached hydrogens (tertiary/aromatic N) is 3. The molecule has 0 saturated carbocycles. The van der Waals surface area contributed by atoms with E-state index in [0.29, 0.717) is 26.1 Å². The van der Waals surface area contributed by atoms with Gasteiger partial charge in [-0.1, -0.05) is 97.3 Å². The number of hydrogen-bond donors (Lipinski definition) is 1. The molecular weight excluding hydrogens is 590 g/mol. The minimum absolute atomic E-state index is 0.0715. The van der Waals surface area contributed by atoms with Gasteiger partial charge in [0.05, 0.1) is 19.3 Å². The molecule has 1 N–H and O–H groups in total. The fourth-order valence-corrected chi connectivity index (χ4v) is 6.18. The maximum Gasteiger partial charge on any atom is 0.305 e. The molecule has 0 bridgehead atoms. The summed E-state index contributed by atoms with van der Waals surface area (Å²) in [6, 6.07) is 1.95. The zero-order chi connectivity index (χ0) is 34.2. The molecule has 0 aliphatic rings. The summed E-state index contributed by atoms with van der Waals surface area (Å²) in [5.41, 5.74) is 0. The second-order valence-corrected chi connectivity index (χ2v) is 13.7. The lowest BCUT2D eigenvalue weighted by atomic mass is 9.91. The third kappa shape index (κ3) is 26.7. The highest BCUT2D eigenvalue weighted by atomic mass is 16.5. The SMILES string of the molecule is CCCCCCCCCC(=O)OCCCCCC(O)C(CCCCOC(=O)CCCCCCCCC)CN(C)CCCn1cccn1. The van der Waals surface area contributed by atoms with E-state index in [9.17, 15) is 14.7 Å². The Bertz CT molecular complexity index is 835. The van der Waals surface area contributed by atoms with Crippen molar-refractivity contribution in [3.8, 4) is 0 Å². The van der Waals surface area contributed by atoms with E-state index in [0.717, 1.165) is 96.7 Å². The Morgan fingerprint density at radius 3 is 1.77 bits per heavy atom. The number of carbonyl (C=O) groups excluding carboxylic acids is 2. The van der Waals surface area contributed by atoms with Gasteiger partial charge in [-0.05, 0) is 83.4 Å². The molecule has 274 valence electrons. The first-order valence-electron chi connectivity index (χ1n) is 19.6. The molecule has 1 rings (SSSR count). The van der Waals surface area contributed by atoms with Crippen molar-refractivity contribution < 1.29 is 24.2 Å². The average Bonchev–Trinajstić information content (AvgIpc) is 3.58. The van der Waals surface area contributed by atoms with Crippen molar-refractivity contribution in [1.82, 2.24) is 14.7 Å². The van der Waals surface area contributed by atoms with Crippen LogP contribution in [0.4, 0.5) is 0 Å². The zero-order valence-electron chi connectivity index (χ0n) is 30.8. The maximum absolute atomic E-state index is 12.1. The number of esters is 2. The molecule has 8 nitrogen and oxygen atoms in total. The molecule has 0 saturated heterocycles. The minimum Gasteiger partial charge on any atom is -0.466 e. The van der Waals surface area contributed by atoms with Gasteiger partial charge in [-0.2, -0.15) is 5.10 Å². The van der Waals surface area contributed by atoms with E-state index in [1.807, 2.05) is 23.1 Å². The number of aliphatic hydroxyl groups is 1. The normalized spacial score (nSPS) is 12.8. The molecule has 0 radical (unpaired) electrons. The van der Waals surface area contributed by atoms with Gasteiger partial charge in [0.2, 0.25) is 0 Å². The topological polar surface area (TPSA) is 93.9 Å². The van der Waals surface area contributed by atoms with Crippen LogP contribution in [0.1, 0.15) is 168 Å². The van der Waals surface area contributed by atoms with Gasteiger partial charge in [-0.3, -0.25) is 14.3 Å². The number of aromatic nitrogens is 2. The summed E-state index contributed by atoms with van der Waals surface area (Å²) in [5, 5.41) is 15.5. The second-order valence-electron chi connectivity index (χ2n) is 13.7. The second kappa shape index (κ2) is 31.3. The summed E-state index contributed by atoms with van der Waals surface area (Å²) in [6.07, 6.45) is 28.4. The summed E-state index contributed by atoms with van der Waals surface area (Å²) in [5.74, 6) is 0.0289. The van der Waals surface area contributed by atoms with E-state index >= 15 is 0 Å². The Hall–Kier alpha value is -1.93. The standard InChI is InChI=1S/C39H73N3O5/c1-4-6-8-10-12-14-18-27-38(44)46-33-21-16-17-26-37(43)36(35-41(3)30-24-32-42-31-23-29-40-42)25-20-22-34-47-39(45)28-19-15-13-11-9-7-5-2/h23,29,31,36-37,43H,4-22,24-28,30,32-35H2,1-3H3. The molecule has 0 spiro atoms. The van der Waals surface area contributed by atoms with Crippen LogP contribution in [0.2, 0.25) is 0 Å². The third-order valence-electron chi connectivity index (χ3n) is 9.19. The molecule has 1 heterocycles. The Labute approximate surface area is 288 Å². The highest BCUT2D eigenvalue weighted by Gasteiger charge is 2.20. The lowest BCUT2D eigenvalue weighted by Gasteiger charge is -2.28. The van der Waals surface area contributed by atoms with Gasteiger partial charge in [-0.15, -0.1) is 0 Å². The Kier molecular flexibility index (Phi) is 28.7. The van der Waals surface area contributed by atoms with Crippen LogP contribution in [-0.4, -0.2) is 71.2 Å². The fourth-order valence-electron chi connectivity index (χ4n) is 6.18. The first-order chi connectivity index (χ1) is 23.0. The number of aryl methyl sites for hydroxylation is 1. The van der Waals surface area contributed by atoms with Crippen molar-refractivity contribution in [2.75, 3.05) is 33.4 Å². The van der Waals surface area contributed by atoms with Crippen LogP contribution in [0.5, 0.6) is 0 Å². The molecule has 2 atom stereocenters. The maximum atomic E-state index is 12.1. The van der Waals surface area contributed by atoms with Crippen molar-refractivity contribution in [1.29, 1.82) is 0 Å². The molecular formula is C39H73N3O5. The fraction of sp³-hybridized carbons (Fsp3) is 0.872. The molecule has 0 amide bonds. The molecule has 1 aromatic heterocycles. The van der Waals surface area contributed by atoms with E-state index in [4.69, 9.17) is 9.47 Å². The lowest BCUT2D eigenvalue weighted by molar-refractivity contribution is -0.144. The third-order valence-corrected chi connectivity index (χ3v) is 9.19. The van der Waals surface area contributed by atoms with Gasteiger partial charge in [-0.25, -0.2) is 0 Å². The van der Waals surface area contributed by atoms with Crippen LogP contribution >= 0.6 is 0 Å². The van der Waals surface area contributed by atoms with Crippen LogP contribution in [0.15, 0.2) is 18.5 Å². The Balaban J connectivity index is 2.28. The van der Waals surface area contributed by atoms with Crippen molar-refractivity contribution >= 4 is 11.9 Å². The monoisotopic (exact) mass is 664 g/mol. The summed E-state index contributed by atoms with van der Waals surface area (Å²) in [6.45, 7) is 8.08. The highest BCUT2D eigenvalue weighted by molar-refractivity contribution is 5.69. The van der Waals surface area contributed by atoms with E-state index in [1.54, 1.807) is 0 Å². The predicted octanol–water partition coefficient (Wildman–Crippen LogP) is 9.28. The Morgan fingerprint density at radius 1 is 0.702 bits per heavy atom. The number of hydrogen-bond acceptors (Lipinski definition) is 7. The summed E-state index contributed by atoms with van der Waals surface area (Å²) in [7, 11) is 2.13. The number of ether oxygens (including phenoxy) is 2. The van der Waals surface area contributed by atoms with E-state index in [2.05, 4.69) is 30.9 Å². The highest BCUT2D eigenvalue weighted by Crippen LogP contribution is 2.20. The number of carbonyl (C=O) groups is 2. The predicted molar refractivity (Wildman–Crippen MR) is 193 cm³/mol. The molecule has 0 fully saturated rings. The molecule has 47 heavy (non-hydrogen) atoms. The van der Waals surface area contributed by atoms with E-state index in [-0.39, 0.29) is 24.0 Å². The van der Waals surface area contributed by atoms with Crippen LogP contribution in [0, 0.1) is 5.92 Å². The number of aliphatic hydroxyl groups excluding tert-OH is 1. The quantitative estimate of drug-likeness (QED) is 0.0580. The van der Waals surface area contributed by atoms with Gasteiger partial charge in [0.15, 0.2) is 0 Å². The van der Waals surface area contributed by atoms with Gasteiger partial charge >= 0.3 is 11.9 Å². The molecule has 0 aliphatic carbocycles. The van der Waals surface area contributed by atoms with Gasteiger partial charge in [0, 0.05) is 38.3 Å². The molecule has 0 aliphatic heterocycles. The lowest BCUT2D eigenvalue weighted by Crippen LogP contribution is -2.34. The molecule has 8 heteroatoms. The van der Waals surface area contributed by atoms with Gasteiger partial charge in [0.1, 0.15) is 0 Å². The van der Waals surface area contributed by atoms with Crippen LogP contribution < -0.4 is 0 Å². The van der Waals surface area contributed by atoms with E-state index < -0.39 is 0 Å². The molecule has 0 aromatic carbocycles. The van der Waals surface area contributed by atoms with Crippen molar-refractivity contribution in [3.63, 3.8) is 0 Å². The number of rotatable bonds is 34. The Morgan fingerprint density at radius 2 is 1.21 bits per heavy atom. The van der Waals surface area contributed by atoms with Crippen LogP contribution in [0.3, 0.4) is 0 Å². The van der Waals surface area contributed by atoms with Crippen LogP contribution in [0.25, 0.3) is 0 Å². The molecule has 2 unspecified atom stereocenters. The summed E-state index contributed by atoms with van der Waals surface area (Å²) < 4.78 is 12.9. The van der Waals surface area contributed by atoms with Gasteiger partial charge in [0.25, 0.3) is 0 Å². The zero-order valence-corrected chi connectivity index (χ0v) is 30.8. The van der Waals surface area contributed by atoms with Crippen LogP contribution in [-0.2, 0) is 25.6 Å². The van der Waals surface area contributed by atoms with Crippen molar-refractivity contribution in [2.24, 2.45) is 5.92 Å². The minimum atomic E-state index is -0.372. The first kappa shape index (κ1) is 43.1. The molecule has 1 aromatic rings. The smallest absolute Gasteiger partial charge is 0.305 e. The largest absolute Gasteiger partial charge is 0.466 e. The average molecular weight is 664 g/mol. The van der Waals surface area contributed by atoms with Crippen molar-refractivity contribution in [2.45, 2.75) is 181 Å². The number of unbranched alkanes of at least 4 members (excludes halogenated alkanes) is 15. The van der Waals surface area contributed by atoms with Crippen molar-refractivity contribution in [3.05, 3.63) is 18.5 Å². The summed E-state index contributed by atoms with van der Waals surface area (Å²) >= 11 is 0. The summed E-state index contributed by atoms with van der Waals surface area (Å²) in [4.78, 5) is 26.5.